The molecule has 0 aliphatic rings. The molecule has 0 atom stereocenters. The minimum Gasteiger partial charge on any atom is -0.383 e. The Bertz CT molecular complexity index is 713. The number of aromatic nitrogens is 2. The van der Waals surface area contributed by atoms with Crippen molar-refractivity contribution in [3.63, 3.8) is 0 Å². The summed E-state index contributed by atoms with van der Waals surface area (Å²) < 4.78 is 6.83. The second-order valence-electron chi connectivity index (χ2n) is 4.64. The van der Waals surface area contributed by atoms with Gasteiger partial charge in [-0.3, -0.25) is 9.59 Å². The largest absolute Gasteiger partial charge is 0.383 e. The smallest absolute Gasteiger partial charge is 0.274 e. The van der Waals surface area contributed by atoms with Crippen molar-refractivity contribution in [3.05, 3.63) is 49.5 Å². The second-order valence-corrected chi connectivity index (χ2v) is 6.44. The highest BCUT2D eigenvalue weighted by Gasteiger charge is 2.15. The molecule has 0 saturated heterocycles. The van der Waals surface area contributed by atoms with Gasteiger partial charge in [-0.15, -0.1) is 11.3 Å². The maximum absolute atomic E-state index is 12.4. The highest BCUT2D eigenvalue weighted by molar-refractivity contribution is 7.16. The van der Waals surface area contributed by atoms with Crippen LogP contribution in [0.15, 0.2) is 29.1 Å². The summed E-state index contributed by atoms with van der Waals surface area (Å²) in [6.07, 6.45) is 0. The van der Waals surface area contributed by atoms with Gasteiger partial charge in [0.2, 0.25) is 0 Å². The van der Waals surface area contributed by atoms with E-state index in [1.165, 1.54) is 33.1 Å². The van der Waals surface area contributed by atoms with Crippen LogP contribution in [-0.2, 0) is 17.8 Å². The van der Waals surface area contributed by atoms with E-state index in [0.29, 0.717) is 24.0 Å². The van der Waals surface area contributed by atoms with Gasteiger partial charge >= 0.3 is 0 Å². The van der Waals surface area contributed by atoms with Gasteiger partial charge in [0.1, 0.15) is 5.69 Å². The third kappa shape index (κ3) is 4.16. The van der Waals surface area contributed by atoms with Gasteiger partial charge in [-0.05, 0) is 18.2 Å². The van der Waals surface area contributed by atoms with Gasteiger partial charge in [0, 0.05) is 25.1 Å². The van der Waals surface area contributed by atoms with Crippen LogP contribution in [0.3, 0.4) is 0 Å². The van der Waals surface area contributed by atoms with Crippen molar-refractivity contribution < 1.29 is 9.53 Å². The van der Waals surface area contributed by atoms with Crippen LogP contribution in [-0.4, -0.2) is 41.4 Å². The molecule has 0 bridgehead atoms. The molecule has 2 aromatic rings. The second kappa shape index (κ2) is 7.53. The lowest BCUT2D eigenvalue weighted by molar-refractivity contribution is 0.0776. The van der Waals surface area contributed by atoms with Crippen molar-refractivity contribution in [2.45, 2.75) is 13.1 Å². The van der Waals surface area contributed by atoms with E-state index in [4.69, 9.17) is 16.3 Å². The quantitative estimate of drug-likeness (QED) is 0.804. The van der Waals surface area contributed by atoms with Gasteiger partial charge < -0.3 is 9.64 Å². The Morgan fingerprint density at radius 1 is 1.41 bits per heavy atom. The molecule has 0 saturated carbocycles. The maximum Gasteiger partial charge on any atom is 0.274 e. The van der Waals surface area contributed by atoms with Crippen LogP contribution in [0.25, 0.3) is 0 Å². The van der Waals surface area contributed by atoms with Gasteiger partial charge in [-0.25, -0.2) is 4.68 Å². The standard InChI is InChI=1S/C14H16ClN3O3S/c1-17(9-10-3-5-12(15)22-10)14(20)11-4-6-13(19)18(16-11)7-8-21-2/h3-6H,7-9H2,1-2H3. The van der Waals surface area contributed by atoms with Crippen LogP contribution in [0.5, 0.6) is 0 Å². The third-order valence-electron chi connectivity index (χ3n) is 2.96. The fourth-order valence-electron chi connectivity index (χ4n) is 1.84. The maximum atomic E-state index is 12.4. The third-order valence-corrected chi connectivity index (χ3v) is 4.18. The Morgan fingerprint density at radius 3 is 2.82 bits per heavy atom. The highest BCUT2D eigenvalue weighted by atomic mass is 35.5. The number of hydrogen-bond acceptors (Lipinski definition) is 5. The molecule has 2 aromatic heterocycles. The number of hydrogen-bond donors (Lipinski definition) is 0. The SMILES string of the molecule is COCCn1nc(C(=O)N(C)Cc2ccc(Cl)s2)ccc1=O. The molecule has 0 radical (unpaired) electrons. The summed E-state index contributed by atoms with van der Waals surface area (Å²) >= 11 is 7.30. The van der Waals surface area contributed by atoms with E-state index in [0.717, 1.165) is 4.88 Å². The predicted octanol–water partition coefficient (Wildman–Crippen LogP) is 1.88. The minimum absolute atomic E-state index is 0.223. The van der Waals surface area contributed by atoms with E-state index in [9.17, 15) is 9.59 Å². The molecule has 0 spiro atoms. The summed E-state index contributed by atoms with van der Waals surface area (Å²) in [6, 6.07) is 6.45. The van der Waals surface area contributed by atoms with Crippen molar-refractivity contribution >= 4 is 28.8 Å². The zero-order valence-electron chi connectivity index (χ0n) is 12.3. The molecular weight excluding hydrogens is 326 g/mol. The van der Waals surface area contributed by atoms with E-state index in [1.807, 2.05) is 6.07 Å². The van der Waals surface area contributed by atoms with Crippen LogP contribution in [0.2, 0.25) is 4.34 Å². The van der Waals surface area contributed by atoms with E-state index < -0.39 is 0 Å². The number of ether oxygens (including phenoxy) is 1. The average molecular weight is 342 g/mol. The molecule has 0 unspecified atom stereocenters. The zero-order valence-corrected chi connectivity index (χ0v) is 13.9. The number of rotatable bonds is 6. The van der Waals surface area contributed by atoms with Gasteiger partial charge in [0.05, 0.1) is 24.0 Å². The summed E-state index contributed by atoms with van der Waals surface area (Å²) in [5.41, 5.74) is -0.0397. The summed E-state index contributed by atoms with van der Waals surface area (Å²) in [7, 11) is 3.22. The van der Waals surface area contributed by atoms with Crippen LogP contribution < -0.4 is 5.56 Å². The van der Waals surface area contributed by atoms with E-state index in [1.54, 1.807) is 20.2 Å². The Morgan fingerprint density at radius 2 is 2.18 bits per heavy atom. The van der Waals surface area contributed by atoms with Crippen LogP contribution >= 0.6 is 22.9 Å². The van der Waals surface area contributed by atoms with Gasteiger partial charge in [-0.2, -0.15) is 5.10 Å². The Balaban J connectivity index is 2.12. The van der Waals surface area contributed by atoms with Crippen molar-refractivity contribution in [2.24, 2.45) is 0 Å². The topological polar surface area (TPSA) is 64.4 Å². The molecule has 1 amide bonds. The first-order valence-corrected chi connectivity index (χ1v) is 7.77. The fourth-order valence-corrected chi connectivity index (χ4v) is 2.98. The summed E-state index contributed by atoms with van der Waals surface area (Å²) in [5.74, 6) is -0.254. The van der Waals surface area contributed by atoms with Crippen LogP contribution in [0, 0.1) is 0 Å². The Hall–Kier alpha value is -1.70. The first-order chi connectivity index (χ1) is 10.5. The molecule has 2 rings (SSSR count). The van der Waals surface area contributed by atoms with Gasteiger partial charge in [-0.1, -0.05) is 11.6 Å². The van der Waals surface area contributed by atoms with Crippen LogP contribution in [0.1, 0.15) is 15.4 Å². The molecule has 0 aliphatic carbocycles. The van der Waals surface area contributed by atoms with E-state index in [2.05, 4.69) is 5.10 Å². The molecule has 0 aliphatic heterocycles. The lowest BCUT2D eigenvalue weighted by Crippen LogP contribution is -2.31. The van der Waals surface area contributed by atoms with Crippen LogP contribution in [0.4, 0.5) is 0 Å². The number of carbonyl (C=O) groups is 1. The lowest BCUT2D eigenvalue weighted by atomic mass is 10.3. The minimum atomic E-state index is -0.263. The summed E-state index contributed by atoms with van der Waals surface area (Å²) in [4.78, 5) is 26.6. The first-order valence-electron chi connectivity index (χ1n) is 6.58. The molecule has 0 N–H and O–H groups in total. The monoisotopic (exact) mass is 341 g/mol. The Labute approximate surface area is 136 Å². The van der Waals surface area contributed by atoms with Crippen molar-refractivity contribution in [2.75, 3.05) is 20.8 Å². The van der Waals surface area contributed by atoms with Crippen molar-refractivity contribution in [1.82, 2.24) is 14.7 Å². The number of nitrogens with zero attached hydrogens (tertiary/aromatic N) is 3. The van der Waals surface area contributed by atoms with Crippen molar-refractivity contribution in [1.29, 1.82) is 0 Å². The van der Waals surface area contributed by atoms with E-state index >= 15 is 0 Å². The molecule has 6 nitrogen and oxygen atoms in total. The lowest BCUT2D eigenvalue weighted by Gasteiger charge is -2.16. The molecule has 2 heterocycles. The van der Waals surface area contributed by atoms with Gasteiger partial charge in [0.15, 0.2) is 0 Å². The average Bonchev–Trinajstić information content (AvgIpc) is 2.90. The normalized spacial score (nSPS) is 10.7. The molecule has 22 heavy (non-hydrogen) atoms. The number of thiophene rings is 1. The highest BCUT2D eigenvalue weighted by Crippen LogP contribution is 2.22. The molecule has 8 heteroatoms. The van der Waals surface area contributed by atoms with Gasteiger partial charge in [0.25, 0.3) is 11.5 Å². The Kier molecular flexibility index (Phi) is 5.70. The molecular formula is C14H16ClN3O3S. The number of halogens is 1. The fraction of sp³-hybridized carbons (Fsp3) is 0.357. The summed E-state index contributed by atoms with van der Waals surface area (Å²) in [5, 5.41) is 4.09. The predicted molar refractivity (Wildman–Crippen MR) is 85.5 cm³/mol. The number of amides is 1. The molecule has 0 fully saturated rings. The molecule has 0 aromatic carbocycles. The van der Waals surface area contributed by atoms with E-state index in [-0.39, 0.29) is 17.2 Å². The number of carbonyl (C=O) groups excluding carboxylic acids is 1. The molecule has 118 valence electrons. The van der Waals surface area contributed by atoms with Crippen molar-refractivity contribution in [3.8, 4) is 0 Å². The summed E-state index contributed by atoms with van der Waals surface area (Å²) in [6.45, 7) is 1.10. The zero-order chi connectivity index (χ0) is 16.1. The number of methoxy groups -OCH3 is 1. The first kappa shape index (κ1) is 16.7.